The molecular formula is C6H14CaO8. The molecule has 15 heavy (non-hydrogen) atoms. The number of carboxylic acids is 1. The van der Waals surface area contributed by atoms with E-state index in [4.69, 9.17) is 30.6 Å². The minimum Gasteiger partial charge on any atom is -0.479 e. The van der Waals surface area contributed by atoms with Gasteiger partial charge in [-0.3, -0.25) is 0 Å². The van der Waals surface area contributed by atoms with Crippen LogP contribution in [0.25, 0.3) is 0 Å². The first kappa shape index (κ1) is 20.8. The normalized spacial score (nSPS) is 17.7. The molecule has 0 bridgehead atoms. The number of aliphatic hydroxyl groups excluding tert-OH is 5. The number of aliphatic hydroxyl groups is 5. The Bertz CT molecular complexity index is 177. The Kier molecular flexibility index (Phi) is 13.5. The van der Waals surface area contributed by atoms with Gasteiger partial charge in [0.1, 0.15) is 18.3 Å². The van der Waals surface area contributed by atoms with Crippen molar-refractivity contribution in [1.29, 1.82) is 0 Å². The summed E-state index contributed by atoms with van der Waals surface area (Å²) < 4.78 is 0. The maximum absolute atomic E-state index is 10.1. The quantitative estimate of drug-likeness (QED) is 0.268. The van der Waals surface area contributed by atoms with Gasteiger partial charge in [-0.05, 0) is 0 Å². The molecule has 0 aliphatic rings. The van der Waals surface area contributed by atoms with Crippen molar-refractivity contribution >= 4 is 43.7 Å². The molecule has 0 amide bonds. The van der Waals surface area contributed by atoms with Crippen LogP contribution in [0.1, 0.15) is 0 Å². The largest absolute Gasteiger partial charge is 0.479 e. The summed E-state index contributed by atoms with van der Waals surface area (Å²) in [5.41, 5.74) is 0. The summed E-state index contributed by atoms with van der Waals surface area (Å²) in [4.78, 5) is 10.1. The average Bonchev–Trinajstić information content (AvgIpc) is 2.12. The molecule has 0 aromatic heterocycles. The van der Waals surface area contributed by atoms with Crippen LogP contribution in [-0.4, -0.2) is 111 Å². The van der Waals surface area contributed by atoms with E-state index in [1.807, 2.05) is 0 Å². The van der Waals surface area contributed by atoms with Crippen molar-refractivity contribution in [3.05, 3.63) is 0 Å². The minimum atomic E-state index is -2.20. The van der Waals surface area contributed by atoms with Crippen LogP contribution in [0.3, 0.4) is 0 Å². The number of rotatable bonds is 5. The van der Waals surface area contributed by atoms with E-state index in [9.17, 15) is 4.79 Å². The van der Waals surface area contributed by atoms with Crippen LogP contribution >= 0.6 is 0 Å². The average molecular weight is 254 g/mol. The summed E-state index contributed by atoms with van der Waals surface area (Å²) in [6.45, 7) is -0.843. The Hall–Kier alpha value is 0.490. The molecule has 0 aromatic rings. The Balaban J connectivity index is -0.000000720. The van der Waals surface area contributed by atoms with Gasteiger partial charge < -0.3 is 36.1 Å². The second-order valence-electron chi connectivity index (χ2n) is 2.51. The zero-order valence-electron chi connectivity index (χ0n) is 7.82. The smallest absolute Gasteiger partial charge is 0.335 e. The van der Waals surface area contributed by atoms with E-state index in [0.29, 0.717) is 0 Å². The molecule has 0 heterocycles. The van der Waals surface area contributed by atoms with Gasteiger partial charge in [-0.1, -0.05) is 0 Å². The molecule has 0 aliphatic carbocycles. The van der Waals surface area contributed by atoms with Crippen molar-refractivity contribution in [2.45, 2.75) is 24.4 Å². The van der Waals surface area contributed by atoms with E-state index < -0.39 is 37.0 Å². The van der Waals surface area contributed by atoms with Crippen LogP contribution < -0.4 is 0 Å². The molecule has 0 aromatic carbocycles. The van der Waals surface area contributed by atoms with Crippen LogP contribution in [-0.2, 0) is 4.79 Å². The first-order valence-electron chi connectivity index (χ1n) is 3.47. The van der Waals surface area contributed by atoms with Gasteiger partial charge in [-0.2, -0.15) is 0 Å². The van der Waals surface area contributed by atoms with Crippen molar-refractivity contribution in [3.8, 4) is 0 Å². The summed E-state index contributed by atoms with van der Waals surface area (Å²) in [5.74, 6) is -1.73. The molecule has 0 unspecified atom stereocenters. The Morgan fingerprint density at radius 2 is 1.47 bits per heavy atom. The molecule has 4 atom stereocenters. The van der Waals surface area contributed by atoms with E-state index in [1.165, 1.54) is 0 Å². The van der Waals surface area contributed by atoms with E-state index in [2.05, 4.69) is 0 Å². The zero-order valence-corrected chi connectivity index (χ0v) is 10.0. The number of aliphatic carboxylic acids is 1. The molecule has 0 saturated heterocycles. The van der Waals surface area contributed by atoms with Gasteiger partial charge in [-0.25, -0.2) is 4.79 Å². The predicted molar refractivity (Wildman–Crippen MR) is 48.1 cm³/mol. The molecular weight excluding hydrogens is 240 g/mol. The van der Waals surface area contributed by atoms with E-state index in [0.717, 1.165) is 0 Å². The maximum atomic E-state index is 10.1. The molecule has 0 aliphatic heterocycles. The van der Waals surface area contributed by atoms with Crippen molar-refractivity contribution in [3.63, 3.8) is 0 Å². The Morgan fingerprint density at radius 1 is 1.07 bits per heavy atom. The maximum Gasteiger partial charge on any atom is 0.335 e. The van der Waals surface area contributed by atoms with Gasteiger partial charge in [0.25, 0.3) is 0 Å². The topological polar surface area (TPSA) is 170 Å². The van der Waals surface area contributed by atoms with Crippen LogP contribution in [0, 0.1) is 0 Å². The van der Waals surface area contributed by atoms with E-state index in [1.54, 1.807) is 0 Å². The van der Waals surface area contributed by atoms with Gasteiger partial charge in [0.05, 0.1) is 6.61 Å². The van der Waals surface area contributed by atoms with Crippen molar-refractivity contribution < 1.29 is 40.9 Å². The summed E-state index contributed by atoms with van der Waals surface area (Å²) >= 11 is 0. The molecule has 0 spiro atoms. The molecule has 9 heteroatoms. The number of carbonyl (C=O) groups is 1. The number of hydrogen-bond acceptors (Lipinski definition) is 6. The third kappa shape index (κ3) is 6.61. The summed E-state index contributed by atoms with van der Waals surface area (Å²) in [6, 6.07) is 0. The van der Waals surface area contributed by atoms with Crippen LogP contribution in [0.15, 0.2) is 0 Å². The first-order valence-corrected chi connectivity index (χ1v) is 3.47. The van der Waals surface area contributed by atoms with Gasteiger partial charge in [-0.15, -0.1) is 0 Å². The minimum absolute atomic E-state index is 0. The SMILES string of the molecule is O.O=C(O)[C@H](O)[C@@H](O)[C@H](O)[C@H](O)CO.[Ca]. The summed E-state index contributed by atoms with van der Waals surface area (Å²) in [7, 11) is 0. The molecule has 0 fully saturated rings. The fourth-order valence-corrected chi connectivity index (χ4v) is 0.668. The molecule has 0 saturated carbocycles. The zero-order chi connectivity index (χ0) is 10.6. The van der Waals surface area contributed by atoms with Gasteiger partial charge in [0, 0.05) is 37.7 Å². The third-order valence-electron chi connectivity index (χ3n) is 1.51. The first-order chi connectivity index (χ1) is 5.91. The van der Waals surface area contributed by atoms with Crippen LogP contribution in [0.5, 0.6) is 0 Å². The van der Waals surface area contributed by atoms with Gasteiger partial charge in [0.15, 0.2) is 6.10 Å². The van der Waals surface area contributed by atoms with E-state index in [-0.39, 0.29) is 43.2 Å². The van der Waals surface area contributed by atoms with Crippen molar-refractivity contribution in [2.24, 2.45) is 0 Å². The van der Waals surface area contributed by atoms with Crippen LogP contribution in [0.4, 0.5) is 0 Å². The predicted octanol–water partition coefficient (Wildman–Crippen LogP) is -4.70. The molecule has 8 nitrogen and oxygen atoms in total. The molecule has 2 radical (unpaired) electrons. The second-order valence-corrected chi connectivity index (χ2v) is 2.51. The summed E-state index contributed by atoms with van der Waals surface area (Å²) in [6.07, 6.45) is -7.84. The molecule has 0 rings (SSSR count). The third-order valence-corrected chi connectivity index (χ3v) is 1.51. The second kappa shape index (κ2) is 9.70. The van der Waals surface area contributed by atoms with Gasteiger partial charge in [0.2, 0.25) is 0 Å². The van der Waals surface area contributed by atoms with E-state index >= 15 is 0 Å². The van der Waals surface area contributed by atoms with Crippen LogP contribution in [0.2, 0.25) is 0 Å². The van der Waals surface area contributed by atoms with Crippen molar-refractivity contribution in [2.75, 3.05) is 6.61 Å². The molecule has 8 N–H and O–H groups in total. The Labute approximate surface area is 115 Å². The number of hydrogen-bond donors (Lipinski definition) is 6. The fraction of sp³-hybridized carbons (Fsp3) is 0.833. The monoisotopic (exact) mass is 254 g/mol. The Morgan fingerprint density at radius 3 is 1.73 bits per heavy atom. The number of carboxylic acid groups (broad SMARTS) is 1. The standard InChI is InChI=1S/C6H12O7.Ca.H2O/c7-1-2(8)3(9)4(10)5(11)6(12)13;;/h2-5,7-11H,1H2,(H,12,13);;1H2/t2-,3-,4+,5-;;/m1../s1. The van der Waals surface area contributed by atoms with Gasteiger partial charge >= 0.3 is 5.97 Å². The summed E-state index contributed by atoms with van der Waals surface area (Å²) in [5, 5.41) is 51.8. The van der Waals surface area contributed by atoms with Crippen molar-refractivity contribution in [1.82, 2.24) is 0 Å². The molecule has 88 valence electrons. The fourth-order valence-electron chi connectivity index (χ4n) is 0.668.